The van der Waals surface area contributed by atoms with Crippen molar-refractivity contribution in [1.29, 1.82) is 0 Å². The van der Waals surface area contributed by atoms with E-state index < -0.39 is 15.9 Å². The molecule has 1 amide bonds. The summed E-state index contributed by atoms with van der Waals surface area (Å²) in [6, 6.07) is 7.02. The Bertz CT molecular complexity index is 1190. The Labute approximate surface area is 159 Å². The fourth-order valence-corrected chi connectivity index (χ4v) is 5.42. The highest BCUT2D eigenvalue weighted by Gasteiger charge is 2.42. The third kappa shape index (κ3) is 2.44. The normalized spacial score (nSPS) is 15.9. The van der Waals surface area contributed by atoms with Crippen LogP contribution in [0.1, 0.15) is 12.6 Å². The minimum atomic E-state index is -4.03. The maximum absolute atomic E-state index is 13.2. The van der Waals surface area contributed by atoms with Gasteiger partial charge in [-0.2, -0.15) is 0 Å². The Morgan fingerprint density at radius 2 is 2.07 bits per heavy atom. The molecule has 3 aromatic rings. The first-order valence-corrected chi connectivity index (χ1v) is 10.4. The molecule has 10 heteroatoms. The number of aryl methyl sites for hydroxylation is 1. The Morgan fingerprint density at radius 1 is 1.33 bits per heavy atom. The van der Waals surface area contributed by atoms with E-state index in [0.29, 0.717) is 22.6 Å². The van der Waals surface area contributed by atoms with Gasteiger partial charge in [-0.05, 0) is 13.0 Å². The van der Waals surface area contributed by atoms with Gasteiger partial charge in [-0.25, -0.2) is 13.4 Å². The number of amides is 1. The van der Waals surface area contributed by atoms with E-state index in [1.54, 1.807) is 34.2 Å². The first-order valence-electron chi connectivity index (χ1n) is 8.12. The van der Waals surface area contributed by atoms with Gasteiger partial charge in [-0.15, -0.1) is 11.3 Å². The second-order valence-corrected chi connectivity index (χ2v) is 8.70. The topological polar surface area (TPSA) is 105 Å². The fourth-order valence-electron chi connectivity index (χ4n) is 3.31. The number of anilines is 1. The van der Waals surface area contributed by atoms with E-state index >= 15 is 0 Å². The van der Waals surface area contributed by atoms with Crippen molar-refractivity contribution in [2.24, 2.45) is 0 Å². The molecule has 27 heavy (non-hydrogen) atoms. The van der Waals surface area contributed by atoms with Crippen LogP contribution in [0.4, 0.5) is 5.13 Å². The molecule has 1 aromatic carbocycles. The number of nitrogens with one attached hydrogen (secondary N) is 1. The van der Waals surface area contributed by atoms with Crippen LogP contribution in [-0.2, 0) is 21.4 Å². The van der Waals surface area contributed by atoms with Gasteiger partial charge in [0.05, 0.1) is 0 Å². The predicted molar refractivity (Wildman–Crippen MR) is 103 cm³/mol. The Kier molecular flexibility index (Phi) is 3.97. The Hall–Kier alpha value is -2.85. The van der Waals surface area contributed by atoms with Crippen LogP contribution in [0.3, 0.4) is 0 Å². The molecule has 0 saturated carbocycles. The number of para-hydroxylation sites is 1. The molecule has 2 N–H and O–H groups in total. The van der Waals surface area contributed by atoms with Crippen molar-refractivity contribution < 1.29 is 18.3 Å². The lowest BCUT2D eigenvalue weighted by Crippen LogP contribution is -2.37. The zero-order chi connectivity index (χ0) is 19.3. The molecule has 1 aliphatic rings. The van der Waals surface area contributed by atoms with Crippen LogP contribution < -0.4 is 5.32 Å². The van der Waals surface area contributed by atoms with Crippen molar-refractivity contribution in [3.63, 3.8) is 0 Å². The first-order chi connectivity index (χ1) is 12.9. The van der Waals surface area contributed by atoms with Crippen LogP contribution in [0.5, 0.6) is 0 Å². The lowest BCUT2D eigenvalue weighted by molar-refractivity contribution is -0.113. The van der Waals surface area contributed by atoms with Gasteiger partial charge < -0.3 is 9.67 Å². The number of carbonyl (C=O) groups excluding carboxylic acids is 1. The summed E-state index contributed by atoms with van der Waals surface area (Å²) in [5, 5.41) is 15.9. The molecule has 1 aliphatic heterocycles. The van der Waals surface area contributed by atoms with Crippen molar-refractivity contribution in [1.82, 2.24) is 13.9 Å². The number of fused-ring (bicyclic) bond motifs is 3. The van der Waals surface area contributed by atoms with E-state index in [2.05, 4.69) is 10.3 Å². The van der Waals surface area contributed by atoms with E-state index in [1.165, 1.54) is 24.6 Å². The summed E-state index contributed by atoms with van der Waals surface area (Å²) in [6.07, 6.45) is 1.52. The van der Waals surface area contributed by atoms with Gasteiger partial charge in [-0.3, -0.25) is 14.4 Å². The molecule has 0 saturated heterocycles. The number of aliphatic hydroxyl groups is 1. The van der Waals surface area contributed by atoms with Crippen LogP contribution in [0.25, 0.3) is 16.7 Å². The maximum atomic E-state index is 13.2. The smallest absolute Gasteiger partial charge is 0.278 e. The Balaban J connectivity index is 2.00. The van der Waals surface area contributed by atoms with Gasteiger partial charge in [0, 0.05) is 36.1 Å². The third-order valence-corrected chi connectivity index (χ3v) is 7.01. The van der Waals surface area contributed by atoms with Gasteiger partial charge in [0.2, 0.25) is 0 Å². The lowest BCUT2D eigenvalue weighted by atomic mass is 10.2. The summed E-state index contributed by atoms with van der Waals surface area (Å²) in [5.41, 5.74) is 0.464. The van der Waals surface area contributed by atoms with E-state index in [9.17, 15) is 18.3 Å². The van der Waals surface area contributed by atoms with Crippen molar-refractivity contribution >= 4 is 49.1 Å². The number of hydrogen-bond donors (Lipinski definition) is 2. The van der Waals surface area contributed by atoms with Crippen molar-refractivity contribution in [2.75, 3.05) is 12.4 Å². The third-order valence-electron chi connectivity index (χ3n) is 4.49. The number of aromatic nitrogens is 2. The van der Waals surface area contributed by atoms with Crippen molar-refractivity contribution in [2.45, 2.75) is 18.4 Å². The highest BCUT2D eigenvalue weighted by atomic mass is 32.2. The van der Waals surface area contributed by atoms with Crippen LogP contribution in [0.15, 0.2) is 46.4 Å². The number of thiazole rings is 1. The molecule has 0 radical (unpaired) electrons. The van der Waals surface area contributed by atoms with Crippen LogP contribution >= 0.6 is 11.3 Å². The first kappa shape index (κ1) is 17.6. The summed E-state index contributed by atoms with van der Waals surface area (Å²) in [7, 11) is -2.77. The number of nitrogens with zero attached hydrogens (tertiary/aromatic N) is 3. The van der Waals surface area contributed by atoms with E-state index in [4.69, 9.17) is 0 Å². The number of carbonyl (C=O) groups is 1. The SMILES string of the molecule is CCn1c2c(c3ccccc31)S(=O)(=O)N(C)C(C(=O)Nc1nccs1)=C2O. The highest BCUT2D eigenvalue weighted by Crippen LogP contribution is 2.41. The minimum Gasteiger partial charge on any atom is -0.504 e. The number of likely N-dealkylation sites (N-methyl/N-ethyl adjacent to an activating group) is 1. The molecule has 0 bridgehead atoms. The number of benzene rings is 1. The van der Waals surface area contributed by atoms with Crippen LogP contribution in [0.2, 0.25) is 0 Å². The van der Waals surface area contributed by atoms with E-state index in [1.807, 2.05) is 6.92 Å². The van der Waals surface area contributed by atoms with Gasteiger partial charge >= 0.3 is 0 Å². The molecule has 140 valence electrons. The number of hydrogen-bond acceptors (Lipinski definition) is 6. The van der Waals surface area contributed by atoms with Crippen molar-refractivity contribution in [3.8, 4) is 0 Å². The van der Waals surface area contributed by atoms with Gasteiger partial charge in [0.1, 0.15) is 10.6 Å². The largest absolute Gasteiger partial charge is 0.504 e. The molecule has 0 fully saturated rings. The molecule has 0 aliphatic carbocycles. The van der Waals surface area contributed by atoms with Crippen molar-refractivity contribution in [3.05, 3.63) is 47.2 Å². The monoisotopic (exact) mass is 404 g/mol. The average molecular weight is 404 g/mol. The van der Waals surface area contributed by atoms with E-state index in [0.717, 1.165) is 4.31 Å². The van der Waals surface area contributed by atoms with Gasteiger partial charge in [0.25, 0.3) is 15.9 Å². The summed E-state index contributed by atoms with van der Waals surface area (Å²) in [4.78, 5) is 16.7. The highest BCUT2D eigenvalue weighted by molar-refractivity contribution is 7.89. The number of sulfonamides is 1. The standard InChI is InChI=1S/C17H16N4O4S2/c1-3-21-11-7-5-4-6-10(11)15-12(21)14(22)13(20(2)27(15,24)25)16(23)19-17-18-8-9-26-17/h4-9,22H,3H2,1-2H3,(H,18,19,23). The zero-order valence-corrected chi connectivity index (χ0v) is 16.1. The second-order valence-electron chi connectivity index (χ2n) is 5.90. The molecule has 2 aromatic heterocycles. The maximum Gasteiger partial charge on any atom is 0.278 e. The molecular formula is C17H16N4O4S2. The predicted octanol–water partition coefficient (Wildman–Crippen LogP) is 2.62. The summed E-state index contributed by atoms with van der Waals surface area (Å²) >= 11 is 1.19. The molecule has 0 spiro atoms. The summed E-state index contributed by atoms with van der Waals surface area (Å²) in [5.74, 6) is -1.12. The van der Waals surface area contributed by atoms with Gasteiger partial charge in [-0.1, -0.05) is 18.2 Å². The fraction of sp³-hybridized carbons (Fsp3) is 0.176. The molecular weight excluding hydrogens is 388 g/mol. The second kappa shape index (κ2) is 6.10. The van der Waals surface area contributed by atoms with Gasteiger partial charge in [0.15, 0.2) is 16.6 Å². The molecule has 3 heterocycles. The minimum absolute atomic E-state index is 0.00532. The molecule has 8 nitrogen and oxygen atoms in total. The number of rotatable bonds is 3. The average Bonchev–Trinajstić information content (AvgIpc) is 3.25. The summed E-state index contributed by atoms with van der Waals surface area (Å²) < 4.78 is 28.9. The Morgan fingerprint density at radius 3 is 2.74 bits per heavy atom. The quantitative estimate of drug-likeness (QED) is 0.698. The molecule has 0 atom stereocenters. The summed E-state index contributed by atoms with van der Waals surface area (Å²) in [6.45, 7) is 2.28. The molecule has 0 unspecified atom stereocenters. The number of aliphatic hydroxyl groups excluding tert-OH is 1. The zero-order valence-electron chi connectivity index (χ0n) is 14.5. The van der Waals surface area contributed by atoms with Crippen LogP contribution in [-0.4, -0.2) is 40.3 Å². The molecule has 4 rings (SSSR count). The lowest BCUT2D eigenvalue weighted by Gasteiger charge is -2.27. The van der Waals surface area contributed by atoms with E-state index in [-0.39, 0.29) is 22.0 Å². The van der Waals surface area contributed by atoms with Crippen LogP contribution in [0, 0.1) is 0 Å².